The minimum atomic E-state index is -1.15. The molecule has 162 valence electrons. The molecule has 2 heterocycles. The Bertz CT molecular complexity index is 946. The minimum absolute atomic E-state index is 0.505. The summed E-state index contributed by atoms with van der Waals surface area (Å²) in [5, 5.41) is 7.35. The highest BCUT2D eigenvalue weighted by Gasteiger charge is 2.22. The number of hydrogen-bond acceptors (Lipinski definition) is 4. The highest BCUT2D eigenvalue weighted by molar-refractivity contribution is 7.91. The molecule has 6 heteroatoms. The fraction of sp³-hybridized carbons (Fsp3) is 0.360. The van der Waals surface area contributed by atoms with Crippen LogP contribution in [0.15, 0.2) is 70.9 Å². The maximum atomic E-state index is 13.0. The lowest BCUT2D eigenvalue weighted by Gasteiger charge is -2.19. The van der Waals surface area contributed by atoms with E-state index in [-0.39, 0.29) is 0 Å². The second-order valence-electron chi connectivity index (χ2n) is 8.16. The molecule has 0 radical (unpaired) electrons. The van der Waals surface area contributed by atoms with E-state index in [2.05, 4.69) is 41.1 Å². The quantitative estimate of drug-likeness (QED) is 0.358. The van der Waals surface area contributed by atoms with Crippen LogP contribution < -0.4 is 0 Å². The summed E-state index contributed by atoms with van der Waals surface area (Å²) in [4.78, 5) is 8.11. The van der Waals surface area contributed by atoms with Crippen molar-refractivity contribution in [2.45, 2.75) is 50.7 Å². The number of rotatable bonds is 9. The second kappa shape index (κ2) is 10.2. The monoisotopic (exact) mass is 434 g/mol. The molecule has 0 saturated carbocycles. The number of aromatic amines is 1. The Morgan fingerprint density at radius 2 is 1.68 bits per heavy atom. The summed E-state index contributed by atoms with van der Waals surface area (Å²) >= 11 is -1.15. The maximum absolute atomic E-state index is 13.0. The van der Waals surface area contributed by atoms with Crippen LogP contribution in [0.4, 0.5) is 0 Å². The van der Waals surface area contributed by atoms with Gasteiger partial charge in [0.2, 0.25) is 0 Å². The molecule has 2 atom stereocenters. The van der Waals surface area contributed by atoms with E-state index in [4.69, 9.17) is 4.98 Å². The van der Waals surface area contributed by atoms with Crippen molar-refractivity contribution in [3.05, 3.63) is 60.7 Å². The second-order valence-corrected chi connectivity index (χ2v) is 9.65. The van der Waals surface area contributed by atoms with Crippen LogP contribution in [0.3, 0.4) is 0 Å². The predicted molar refractivity (Wildman–Crippen MR) is 128 cm³/mol. The van der Waals surface area contributed by atoms with Gasteiger partial charge in [0.05, 0.1) is 5.69 Å². The number of aromatic nitrogens is 2. The first-order valence-electron chi connectivity index (χ1n) is 11.0. The van der Waals surface area contributed by atoms with Crippen molar-refractivity contribution in [1.82, 2.24) is 15.0 Å². The van der Waals surface area contributed by atoms with E-state index in [0.717, 1.165) is 54.7 Å². The third kappa shape index (κ3) is 5.38. The highest BCUT2D eigenvalue weighted by Crippen LogP contribution is 2.31. The van der Waals surface area contributed by atoms with Gasteiger partial charge in [-0.15, -0.1) is 0 Å². The lowest BCUT2D eigenvalue weighted by Crippen LogP contribution is -2.24. The Morgan fingerprint density at radius 1 is 1.00 bits per heavy atom. The number of unbranched alkanes of at least 4 members (excludes halogenated alkanes) is 2. The molecule has 0 amide bonds. The van der Waals surface area contributed by atoms with Gasteiger partial charge in [-0.25, -0.2) is 0 Å². The average Bonchev–Trinajstić information content (AvgIpc) is 3.38. The number of imidazole rings is 1. The van der Waals surface area contributed by atoms with E-state index in [1.54, 1.807) is 0 Å². The fourth-order valence-corrected chi connectivity index (χ4v) is 5.09. The summed E-state index contributed by atoms with van der Waals surface area (Å²) in [6.45, 7) is 5.29. The van der Waals surface area contributed by atoms with Crippen molar-refractivity contribution in [2.24, 2.45) is 5.10 Å². The molecule has 1 unspecified atom stereocenters. The molecular formula is C25H30N4OS. The number of hydrogen-bond donors (Lipinski definition) is 1. The van der Waals surface area contributed by atoms with Crippen LogP contribution in [0, 0.1) is 0 Å². The minimum Gasteiger partial charge on any atom is -0.609 e. The Kier molecular flexibility index (Phi) is 7.10. The van der Waals surface area contributed by atoms with Gasteiger partial charge >= 0.3 is 5.16 Å². The van der Waals surface area contributed by atoms with Crippen molar-refractivity contribution in [3.63, 3.8) is 0 Å². The predicted octanol–water partition coefficient (Wildman–Crippen LogP) is 5.49. The lowest BCUT2D eigenvalue weighted by atomic mass is 10.1. The fourth-order valence-electron chi connectivity index (χ4n) is 4.02. The molecule has 0 aliphatic carbocycles. The maximum Gasteiger partial charge on any atom is 0.321 e. The lowest BCUT2D eigenvalue weighted by molar-refractivity contribution is 0.240. The molecule has 0 bridgehead atoms. The van der Waals surface area contributed by atoms with Gasteiger partial charge in [-0.05, 0) is 33.1 Å². The highest BCUT2D eigenvalue weighted by atomic mass is 32.2. The molecule has 2 aromatic carbocycles. The summed E-state index contributed by atoms with van der Waals surface area (Å²) in [5.74, 6) is 0.619. The van der Waals surface area contributed by atoms with Crippen molar-refractivity contribution >= 4 is 16.9 Å². The number of hydrazone groups is 1. The van der Waals surface area contributed by atoms with E-state index >= 15 is 0 Å². The van der Waals surface area contributed by atoms with Crippen LogP contribution in [0.25, 0.3) is 22.5 Å². The van der Waals surface area contributed by atoms with Crippen molar-refractivity contribution in [2.75, 3.05) is 12.3 Å². The number of benzene rings is 2. The van der Waals surface area contributed by atoms with Crippen LogP contribution in [0.5, 0.6) is 0 Å². The Labute approximate surface area is 187 Å². The Hall–Kier alpha value is -2.57. The number of nitrogens with one attached hydrogen (secondary N) is 1. The van der Waals surface area contributed by atoms with Crippen molar-refractivity contribution < 1.29 is 4.55 Å². The zero-order valence-corrected chi connectivity index (χ0v) is 19.1. The molecule has 1 N–H and O–H groups in total. The van der Waals surface area contributed by atoms with Gasteiger partial charge in [-0.3, -0.25) is 9.99 Å². The van der Waals surface area contributed by atoms with E-state index in [1.807, 2.05) is 48.5 Å². The molecule has 0 fully saturated rings. The van der Waals surface area contributed by atoms with Gasteiger partial charge in [0.15, 0.2) is 0 Å². The molecule has 1 aliphatic heterocycles. The molecule has 4 rings (SSSR count). The summed E-state index contributed by atoms with van der Waals surface area (Å²) in [7, 11) is 0. The molecule has 1 aliphatic rings. The van der Waals surface area contributed by atoms with Crippen molar-refractivity contribution in [1.29, 1.82) is 0 Å². The summed E-state index contributed by atoms with van der Waals surface area (Å²) in [6, 6.07) is 20.7. The molecule has 1 aromatic heterocycles. The summed E-state index contributed by atoms with van der Waals surface area (Å²) < 4.78 is 13.0. The van der Waals surface area contributed by atoms with Crippen LogP contribution >= 0.6 is 0 Å². The van der Waals surface area contributed by atoms with E-state index in [0.29, 0.717) is 17.0 Å². The first-order chi connectivity index (χ1) is 15.1. The third-order valence-electron chi connectivity index (χ3n) is 5.62. The van der Waals surface area contributed by atoms with Gasteiger partial charge < -0.3 is 4.55 Å². The van der Waals surface area contributed by atoms with Gasteiger partial charge in [-0.1, -0.05) is 60.7 Å². The van der Waals surface area contributed by atoms with Crippen LogP contribution in [-0.2, 0) is 11.2 Å². The molecular weight excluding hydrogens is 404 g/mol. The SMILES string of the molecule is CC1=NN(CCCCC[S@+]([O-])c2nc(-c3ccccc3)c(-c3ccccc3)[nH]2)C(C)C1. The average molecular weight is 435 g/mol. The van der Waals surface area contributed by atoms with Crippen LogP contribution in [0.1, 0.15) is 39.5 Å². The molecule has 0 saturated heterocycles. The van der Waals surface area contributed by atoms with Crippen LogP contribution in [-0.4, -0.2) is 43.6 Å². The normalized spacial score (nSPS) is 17.1. The summed E-state index contributed by atoms with van der Waals surface area (Å²) in [6.07, 6.45) is 4.10. The number of nitrogens with zero attached hydrogens (tertiary/aromatic N) is 3. The topological polar surface area (TPSA) is 67.3 Å². The van der Waals surface area contributed by atoms with E-state index < -0.39 is 11.2 Å². The molecule has 3 aromatic rings. The first kappa shape index (κ1) is 21.7. The van der Waals surface area contributed by atoms with Crippen molar-refractivity contribution in [3.8, 4) is 22.5 Å². The standard InChI is InChI=1S/C25H30N4OS/c1-19-18-20(2)29(28-19)16-10-5-11-17-31(30)25-26-23(21-12-6-3-7-13-21)24(27-25)22-14-8-4-9-15-22/h3-4,6-9,12-15,20H,5,10-11,16-18H2,1-2H3,(H,26,27)/t20?,31-/m0/s1. The summed E-state index contributed by atoms with van der Waals surface area (Å²) in [5.41, 5.74) is 5.07. The van der Waals surface area contributed by atoms with E-state index in [1.165, 1.54) is 5.71 Å². The third-order valence-corrected chi connectivity index (χ3v) is 6.91. The van der Waals surface area contributed by atoms with Gasteiger partial charge in [-0.2, -0.15) is 10.1 Å². The van der Waals surface area contributed by atoms with Gasteiger partial charge in [0.1, 0.15) is 11.4 Å². The molecule has 31 heavy (non-hydrogen) atoms. The Morgan fingerprint density at radius 3 is 2.32 bits per heavy atom. The molecule has 5 nitrogen and oxygen atoms in total. The Balaban J connectivity index is 1.39. The molecule has 0 spiro atoms. The van der Waals surface area contributed by atoms with Gasteiger partial charge in [0, 0.05) is 47.0 Å². The first-order valence-corrected chi connectivity index (χ1v) is 12.3. The zero-order chi connectivity index (χ0) is 21.6. The zero-order valence-electron chi connectivity index (χ0n) is 18.3. The smallest absolute Gasteiger partial charge is 0.321 e. The van der Waals surface area contributed by atoms with E-state index in [9.17, 15) is 4.55 Å². The van der Waals surface area contributed by atoms with Crippen LogP contribution in [0.2, 0.25) is 0 Å². The van der Waals surface area contributed by atoms with Gasteiger partial charge in [0.25, 0.3) is 0 Å². The largest absolute Gasteiger partial charge is 0.609 e. The number of H-pyrrole nitrogens is 1.